The zero-order valence-corrected chi connectivity index (χ0v) is 36.3. The summed E-state index contributed by atoms with van der Waals surface area (Å²) in [6.45, 7) is 0. The zero-order chi connectivity index (χ0) is 21.5. The molecule has 0 amide bonds. The SMILES string of the molecule is [La+3].[La+3].[La+3].[La+3].[La+3].[O-]B([O-])[O-].[O-]B([O-])[O-].[O-]B([O-])[O-].[O]=[Ti]([O-])[O-].[O]=[Ti]([O-])[O-].[O]=[Ti]([O-])[O-]. The van der Waals surface area contributed by atoms with E-state index in [4.69, 9.17) is 77.3 Å². The van der Waals surface area contributed by atoms with E-state index in [1.54, 1.807) is 0 Å². The maximum atomic E-state index is 8.58. The van der Waals surface area contributed by atoms with E-state index in [0.717, 1.165) is 0 Å². The first kappa shape index (κ1) is 70.6. The average molecular weight is 1160 g/mol. The van der Waals surface area contributed by atoms with Gasteiger partial charge in [-0.15, -0.1) is 0 Å². The molecule has 144 valence electrons. The maximum absolute atomic E-state index is 8.58. The molecule has 0 heterocycles. The van der Waals surface area contributed by atoms with Crippen LogP contribution >= 0.6 is 0 Å². The van der Waals surface area contributed by atoms with Crippen LogP contribution in [0.15, 0.2) is 0 Å². The van der Waals surface area contributed by atoms with Gasteiger partial charge in [0, 0.05) is 0 Å². The summed E-state index contributed by atoms with van der Waals surface area (Å²) in [5, 5.41) is 75.8. The summed E-state index contributed by atoms with van der Waals surface area (Å²) in [6.07, 6.45) is 0. The predicted octanol–water partition coefficient (Wildman–Crippen LogP) is -19.3. The van der Waals surface area contributed by atoms with Crippen LogP contribution in [0.2, 0.25) is 0 Å². The van der Waals surface area contributed by atoms with Crippen LogP contribution in [0, 0.1) is 178 Å². The van der Waals surface area contributed by atoms with Gasteiger partial charge in [-0.1, -0.05) is 0 Å². The van der Waals surface area contributed by atoms with Crippen molar-refractivity contribution < 1.29 is 311 Å². The van der Waals surface area contributed by atoms with Gasteiger partial charge in [-0.05, 0) is 0 Å². The Kier molecular flexibility index (Phi) is 158. The molecule has 0 aliphatic carbocycles. The Morgan fingerprint density at radius 3 is 0.345 bits per heavy atom. The normalized spacial score (nSPS) is 5.48. The van der Waals surface area contributed by atoms with Gasteiger partial charge in [0.2, 0.25) is 0 Å². The summed E-state index contributed by atoms with van der Waals surface area (Å²) in [6, 6.07) is 0. The van der Waals surface area contributed by atoms with Crippen LogP contribution in [0.1, 0.15) is 0 Å². The van der Waals surface area contributed by atoms with Crippen LogP contribution in [-0.2, 0) is 65.8 Å². The van der Waals surface area contributed by atoms with Crippen molar-refractivity contribution in [3.63, 3.8) is 0 Å². The molecule has 0 saturated carbocycles. The van der Waals surface area contributed by atoms with Gasteiger partial charge in [0.25, 0.3) is 0 Å². The zero-order valence-electron chi connectivity index (χ0n) is 13.5. The van der Waals surface area contributed by atoms with E-state index in [0.29, 0.717) is 0 Å². The molecule has 0 aromatic heterocycles. The standard InChI is InChI=1S/3BO3.5La.9O.3Ti/c3*2-1(3)4;;;;;;;;;;;;;;;;;/q3*-3;5*+3;;;;6*-1;;;. The minimum atomic E-state index is -4.08. The molecule has 0 saturated heterocycles. The number of hydrogen-bond donors (Lipinski definition) is 0. The Hall–Kier alpha value is 7.11. The van der Waals surface area contributed by atoms with Crippen LogP contribution in [0.5, 0.6) is 0 Å². The predicted molar refractivity (Wildman–Crippen MR) is 19.3 cm³/mol. The van der Waals surface area contributed by atoms with Gasteiger partial charge in [0.05, 0.1) is 0 Å². The molecule has 0 spiro atoms. The van der Waals surface area contributed by atoms with E-state index in [2.05, 4.69) is 0 Å². The van der Waals surface area contributed by atoms with E-state index >= 15 is 0 Å². The second-order valence-corrected chi connectivity index (χ2v) is 3.96. The Morgan fingerprint density at radius 1 is 0.345 bits per heavy atom. The summed E-state index contributed by atoms with van der Waals surface area (Å²) in [4.78, 5) is 0. The summed E-state index contributed by atoms with van der Waals surface area (Å²) in [5.41, 5.74) is 0. The van der Waals surface area contributed by atoms with Crippen LogP contribution in [-0.4, -0.2) is 22.0 Å². The third-order valence-corrected chi connectivity index (χ3v) is 0. The molecule has 29 heavy (non-hydrogen) atoms. The summed E-state index contributed by atoms with van der Waals surface area (Å²) in [5.74, 6) is 0. The van der Waals surface area contributed by atoms with Crippen molar-refractivity contribution in [2.24, 2.45) is 0 Å². The molecule has 0 aliphatic rings. The van der Waals surface area contributed by atoms with Crippen LogP contribution < -0.4 is 67.3 Å². The minimum absolute atomic E-state index is 0. The van der Waals surface area contributed by atoms with Crippen molar-refractivity contribution in [1.29, 1.82) is 0 Å². The fraction of sp³-hybridized carbons (Fsp3) is 0. The second kappa shape index (κ2) is 64.8. The molecular weight excluding hydrogens is 1160 g/mol. The summed E-state index contributed by atoms with van der Waals surface area (Å²) < 4.78 is 77.2. The van der Waals surface area contributed by atoms with Crippen molar-refractivity contribution in [2.45, 2.75) is 0 Å². The molecule has 0 aliphatic heterocycles. The van der Waals surface area contributed by atoms with E-state index in [9.17, 15) is 0 Å². The summed E-state index contributed by atoms with van der Waals surface area (Å²) >= 11 is -12.2. The molecule has 0 aromatic carbocycles. The Labute approximate surface area is 325 Å². The van der Waals surface area contributed by atoms with Crippen LogP contribution in [0.4, 0.5) is 0 Å². The molecule has 29 heteroatoms. The quantitative estimate of drug-likeness (QED) is 0.203. The molecule has 0 rings (SSSR count). The molecule has 0 aromatic rings. The monoisotopic (exact) mass is 1160 g/mol. The number of rotatable bonds is 0. The molecule has 0 unspecified atom stereocenters. The van der Waals surface area contributed by atoms with E-state index < -0.39 is 77.8 Å². The first-order chi connectivity index (χ1) is 10.4. The van der Waals surface area contributed by atoms with Gasteiger partial charge in [0.1, 0.15) is 0 Å². The Bertz CT molecular complexity index is 220. The fourth-order valence-electron chi connectivity index (χ4n) is 0. The average Bonchev–Trinajstić information content (AvgIpc) is 2.08. The number of hydrogen-bond acceptors (Lipinski definition) is 18. The molecule has 0 atom stereocenters. The van der Waals surface area contributed by atoms with Crippen molar-refractivity contribution >= 4 is 22.0 Å². The first-order valence-electron chi connectivity index (χ1n) is 3.96. The van der Waals surface area contributed by atoms with Crippen molar-refractivity contribution in [2.75, 3.05) is 0 Å². The van der Waals surface area contributed by atoms with Gasteiger partial charge < -0.3 is 45.2 Å². The fourth-order valence-corrected chi connectivity index (χ4v) is 0. The molecular formula is B3La5O18Ti3. The summed E-state index contributed by atoms with van der Waals surface area (Å²) in [7, 11) is -8.75. The van der Waals surface area contributed by atoms with Crippen LogP contribution in [0.3, 0.4) is 0 Å². The van der Waals surface area contributed by atoms with Crippen molar-refractivity contribution in [3.8, 4) is 0 Å². The van der Waals surface area contributed by atoms with E-state index in [1.165, 1.54) is 0 Å². The van der Waals surface area contributed by atoms with Gasteiger partial charge in [-0.2, -0.15) is 0 Å². The molecule has 0 fully saturated rings. The Balaban J connectivity index is -0.0000000144. The molecule has 0 radical (unpaired) electrons. The van der Waals surface area contributed by atoms with E-state index in [-0.39, 0.29) is 178 Å². The van der Waals surface area contributed by atoms with Gasteiger partial charge in [-0.3, -0.25) is 22.0 Å². The van der Waals surface area contributed by atoms with Crippen molar-refractivity contribution in [1.82, 2.24) is 0 Å². The van der Waals surface area contributed by atoms with Gasteiger partial charge >= 0.3 is 266 Å². The second-order valence-electron chi connectivity index (χ2n) is 1.62. The van der Waals surface area contributed by atoms with Gasteiger partial charge in [0.15, 0.2) is 0 Å². The Morgan fingerprint density at radius 2 is 0.345 bits per heavy atom. The van der Waals surface area contributed by atoms with Crippen molar-refractivity contribution in [3.05, 3.63) is 0 Å². The first-order valence-corrected chi connectivity index (χ1v) is 9.70. The van der Waals surface area contributed by atoms with Gasteiger partial charge in [-0.25, -0.2) is 0 Å². The topological polar surface area (TPSA) is 397 Å². The third kappa shape index (κ3) is 761. The molecule has 0 N–H and O–H groups in total. The van der Waals surface area contributed by atoms with Crippen LogP contribution in [0.25, 0.3) is 0 Å². The molecule has 18 nitrogen and oxygen atoms in total. The van der Waals surface area contributed by atoms with E-state index in [1.807, 2.05) is 0 Å². The third-order valence-electron chi connectivity index (χ3n) is 0. The molecule has 0 bridgehead atoms.